The molecule has 0 aliphatic heterocycles. The van der Waals surface area contributed by atoms with Crippen LogP contribution in [0.2, 0.25) is 0 Å². The number of unbranched alkanes of at least 4 members (excludes halogenated alkanes) is 1. The summed E-state index contributed by atoms with van der Waals surface area (Å²) in [5.41, 5.74) is 0.874. The molecule has 0 bridgehead atoms. The fourth-order valence-corrected chi connectivity index (χ4v) is 2.34. The van der Waals surface area contributed by atoms with Crippen molar-refractivity contribution < 1.29 is 14.3 Å². The maximum Gasteiger partial charge on any atom is 0.339 e. The van der Waals surface area contributed by atoms with Gasteiger partial charge in [-0.3, -0.25) is 9.78 Å². The maximum atomic E-state index is 12.1. The van der Waals surface area contributed by atoms with Gasteiger partial charge in [-0.15, -0.1) is 0 Å². The van der Waals surface area contributed by atoms with Gasteiger partial charge in [0.1, 0.15) is 5.75 Å². The van der Waals surface area contributed by atoms with Gasteiger partial charge in [0, 0.05) is 6.07 Å². The van der Waals surface area contributed by atoms with E-state index in [1.54, 1.807) is 6.08 Å². The average Bonchev–Trinajstić information content (AvgIpc) is 2.59. The van der Waals surface area contributed by atoms with E-state index in [1.807, 2.05) is 24.3 Å². The minimum absolute atomic E-state index is 0.136. The molecule has 0 saturated heterocycles. The molecule has 0 unspecified atom stereocenters. The number of carbonyl (C=O) groups excluding carboxylic acids is 1. The standard InChI is InChI=1S/C18H20N2O4S/c1-3-4-9-24-13-7-5-12(6-8-13)10-14(17(22)23-2)15-11-16(21)20-18(25)19-15/h5-8,10-11H,3-4,9H2,1-2H3,(H2,19,20,21,25)/b14-10-. The van der Waals surface area contributed by atoms with Crippen molar-refractivity contribution in [1.29, 1.82) is 0 Å². The third kappa shape index (κ3) is 5.42. The molecular weight excluding hydrogens is 340 g/mol. The van der Waals surface area contributed by atoms with Crippen LogP contribution in [0.4, 0.5) is 0 Å². The molecule has 0 fully saturated rings. The second-order valence-corrected chi connectivity index (χ2v) is 5.73. The zero-order valence-electron chi connectivity index (χ0n) is 14.1. The van der Waals surface area contributed by atoms with Crippen LogP contribution in [-0.2, 0) is 9.53 Å². The Balaban J connectivity index is 2.33. The molecule has 1 aromatic carbocycles. The summed E-state index contributed by atoms with van der Waals surface area (Å²) >= 11 is 4.95. The van der Waals surface area contributed by atoms with Crippen LogP contribution in [0.15, 0.2) is 35.1 Å². The Bertz CT molecular complexity index is 837. The van der Waals surface area contributed by atoms with E-state index in [4.69, 9.17) is 21.7 Å². The molecule has 0 atom stereocenters. The lowest BCUT2D eigenvalue weighted by Gasteiger charge is -2.07. The molecule has 2 aromatic rings. The summed E-state index contributed by atoms with van der Waals surface area (Å²) in [6.45, 7) is 2.77. The van der Waals surface area contributed by atoms with Gasteiger partial charge in [-0.25, -0.2) is 4.79 Å². The maximum absolute atomic E-state index is 12.1. The summed E-state index contributed by atoms with van der Waals surface area (Å²) < 4.78 is 10.6. The van der Waals surface area contributed by atoms with Crippen LogP contribution in [-0.4, -0.2) is 29.7 Å². The van der Waals surface area contributed by atoms with Gasteiger partial charge in [-0.2, -0.15) is 0 Å². The van der Waals surface area contributed by atoms with E-state index < -0.39 is 11.5 Å². The lowest BCUT2D eigenvalue weighted by molar-refractivity contribution is -0.133. The Kier molecular flexibility index (Phi) is 6.71. The van der Waals surface area contributed by atoms with Gasteiger partial charge in [0.2, 0.25) is 0 Å². The molecule has 7 heteroatoms. The van der Waals surface area contributed by atoms with Crippen molar-refractivity contribution in [3.63, 3.8) is 0 Å². The highest BCUT2D eigenvalue weighted by atomic mass is 32.1. The molecule has 0 amide bonds. The number of methoxy groups -OCH3 is 1. The van der Waals surface area contributed by atoms with Crippen LogP contribution in [0.25, 0.3) is 11.6 Å². The molecule has 0 saturated carbocycles. The molecule has 0 spiro atoms. The fraction of sp³-hybridized carbons (Fsp3) is 0.278. The Morgan fingerprint density at radius 1 is 1.24 bits per heavy atom. The number of hydrogen-bond donors (Lipinski definition) is 2. The van der Waals surface area contributed by atoms with Crippen molar-refractivity contribution >= 4 is 29.8 Å². The van der Waals surface area contributed by atoms with Crippen LogP contribution >= 0.6 is 12.2 Å². The van der Waals surface area contributed by atoms with E-state index in [0.717, 1.165) is 24.2 Å². The van der Waals surface area contributed by atoms with E-state index in [-0.39, 0.29) is 10.3 Å². The van der Waals surface area contributed by atoms with Crippen LogP contribution in [0.1, 0.15) is 31.0 Å². The highest BCUT2D eigenvalue weighted by molar-refractivity contribution is 7.71. The lowest BCUT2D eigenvalue weighted by Crippen LogP contribution is -2.12. The van der Waals surface area contributed by atoms with Crippen molar-refractivity contribution in [2.24, 2.45) is 0 Å². The van der Waals surface area contributed by atoms with Crippen LogP contribution in [0.5, 0.6) is 5.75 Å². The molecule has 2 N–H and O–H groups in total. The fourth-order valence-electron chi connectivity index (χ4n) is 2.13. The van der Waals surface area contributed by atoms with Gasteiger partial charge in [-0.05, 0) is 42.4 Å². The SMILES string of the molecule is CCCCOc1ccc(/C=C(\C(=O)OC)c2cc(=O)[nH]c(=S)[nH]2)cc1. The molecule has 25 heavy (non-hydrogen) atoms. The molecular formula is C18H20N2O4S. The molecule has 0 aliphatic rings. The van der Waals surface area contributed by atoms with Gasteiger partial charge in [0.05, 0.1) is 25.0 Å². The Hall–Kier alpha value is -2.67. The van der Waals surface area contributed by atoms with Crippen molar-refractivity contribution in [1.82, 2.24) is 9.97 Å². The minimum atomic E-state index is -0.570. The van der Waals surface area contributed by atoms with Crippen molar-refractivity contribution in [3.8, 4) is 5.75 Å². The summed E-state index contributed by atoms with van der Waals surface area (Å²) in [5.74, 6) is 0.195. The van der Waals surface area contributed by atoms with Gasteiger partial charge < -0.3 is 14.5 Å². The van der Waals surface area contributed by atoms with Gasteiger partial charge in [-0.1, -0.05) is 25.5 Å². The average molecular weight is 360 g/mol. The number of H-pyrrole nitrogens is 2. The van der Waals surface area contributed by atoms with Gasteiger partial charge in [0.25, 0.3) is 5.56 Å². The van der Waals surface area contributed by atoms with E-state index in [2.05, 4.69) is 16.9 Å². The third-order valence-electron chi connectivity index (χ3n) is 3.41. The number of aromatic nitrogens is 2. The molecule has 1 heterocycles. The Labute approximate surface area is 150 Å². The summed E-state index contributed by atoms with van der Waals surface area (Å²) in [5, 5.41) is 0. The second-order valence-electron chi connectivity index (χ2n) is 5.32. The smallest absolute Gasteiger partial charge is 0.339 e. The molecule has 0 aliphatic carbocycles. The van der Waals surface area contributed by atoms with Crippen molar-refractivity contribution in [2.75, 3.05) is 13.7 Å². The highest BCUT2D eigenvalue weighted by Crippen LogP contribution is 2.19. The minimum Gasteiger partial charge on any atom is -0.494 e. The predicted molar refractivity (Wildman–Crippen MR) is 99.0 cm³/mol. The number of nitrogens with one attached hydrogen (secondary N) is 2. The number of hydrogen-bond acceptors (Lipinski definition) is 5. The number of rotatable bonds is 7. The number of aromatic amines is 2. The first kappa shape index (κ1) is 18.7. The summed E-state index contributed by atoms with van der Waals surface area (Å²) in [6.07, 6.45) is 3.69. The number of esters is 1. The molecule has 1 aromatic heterocycles. The quantitative estimate of drug-likeness (QED) is 0.342. The third-order valence-corrected chi connectivity index (χ3v) is 3.62. The zero-order valence-corrected chi connectivity index (χ0v) is 14.9. The largest absolute Gasteiger partial charge is 0.494 e. The topological polar surface area (TPSA) is 84.2 Å². The van der Waals surface area contributed by atoms with E-state index in [1.165, 1.54) is 13.2 Å². The molecule has 132 valence electrons. The molecule has 0 radical (unpaired) electrons. The van der Waals surface area contributed by atoms with Crippen LogP contribution < -0.4 is 10.3 Å². The number of ether oxygens (including phenoxy) is 2. The molecule has 6 nitrogen and oxygen atoms in total. The zero-order chi connectivity index (χ0) is 18.2. The van der Waals surface area contributed by atoms with E-state index in [9.17, 15) is 9.59 Å². The summed E-state index contributed by atoms with van der Waals surface area (Å²) in [4.78, 5) is 28.9. The Morgan fingerprint density at radius 2 is 1.96 bits per heavy atom. The highest BCUT2D eigenvalue weighted by Gasteiger charge is 2.14. The van der Waals surface area contributed by atoms with Crippen LogP contribution in [0.3, 0.4) is 0 Å². The van der Waals surface area contributed by atoms with Crippen molar-refractivity contribution in [3.05, 3.63) is 56.7 Å². The first-order valence-electron chi connectivity index (χ1n) is 7.90. The monoisotopic (exact) mass is 360 g/mol. The lowest BCUT2D eigenvalue weighted by atomic mass is 10.1. The first-order valence-corrected chi connectivity index (χ1v) is 8.31. The summed E-state index contributed by atoms with van der Waals surface area (Å²) in [6, 6.07) is 8.58. The van der Waals surface area contributed by atoms with E-state index >= 15 is 0 Å². The second kappa shape index (κ2) is 8.98. The van der Waals surface area contributed by atoms with Crippen LogP contribution in [0, 0.1) is 4.77 Å². The van der Waals surface area contributed by atoms with Gasteiger partial charge >= 0.3 is 5.97 Å². The Morgan fingerprint density at radius 3 is 2.56 bits per heavy atom. The summed E-state index contributed by atoms with van der Waals surface area (Å²) in [7, 11) is 1.28. The normalized spacial score (nSPS) is 11.2. The van der Waals surface area contributed by atoms with Crippen molar-refractivity contribution in [2.45, 2.75) is 19.8 Å². The number of carbonyl (C=O) groups is 1. The molecule has 2 rings (SSSR count). The number of benzene rings is 1. The van der Waals surface area contributed by atoms with E-state index in [0.29, 0.717) is 12.3 Å². The first-order chi connectivity index (χ1) is 12.0. The van der Waals surface area contributed by atoms with Gasteiger partial charge in [0.15, 0.2) is 4.77 Å². The predicted octanol–water partition coefficient (Wildman–Crippen LogP) is 3.32.